The van der Waals surface area contributed by atoms with Gasteiger partial charge >= 0.3 is 0 Å². The maximum Gasteiger partial charge on any atom is 0.223 e. The number of guanidine groups is 1. The van der Waals surface area contributed by atoms with Gasteiger partial charge in [0, 0.05) is 42.1 Å². The first-order valence-electron chi connectivity index (χ1n) is 8.84. The molecule has 0 aromatic heterocycles. The summed E-state index contributed by atoms with van der Waals surface area (Å²) in [6.07, 6.45) is 3.81. The summed E-state index contributed by atoms with van der Waals surface area (Å²) in [7, 11) is 0. The molecular weight excluding hydrogens is 359 g/mol. The molecule has 5 nitrogen and oxygen atoms in total. The molecule has 0 atom stereocenters. The van der Waals surface area contributed by atoms with Crippen LogP contribution in [0.1, 0.15) is 31.7 Å². The van der Waals surface area contributed by atoms with Crippen molar-refractivity contribution >= 4 is 35.1 Å². The molecule has 0 heterocycles. The molecule has 3 N–H and O–H groups in total. The fraction of sp³-hybridized carbons (Fsp3) is 0.556. The fourth-order valence-electron chi connectivity index (χ4n) is 2.38. The third-order valence-electron chi connectivity index (χ3n) is 3.90. The molecule has 1 aliphatic rings. The van der Waals surface area contributed by atoms with Crippen molar-refractivity contribution in [2.75, 3.05) is 26.2 Å². The van der Waals surface area contributed by atoms with Gasteiger partial charge in [0.1, 0.15) is 0 Å². The zero-order chi connectivity index (χ0) is 18.1. The number of carbonyl (C=O) groups excluding carboxylic acids is 1. The summed E-state index contributed by atoms with van der Waals surface area (Å²) < 4.78 is 0. The van der Waals surface area contributed by atoms with E-state index in [-0.39, 0.29) is 11.8 Å². The van der Waals surface area contributed by atoms with E-state index in [0.717, 1.165) is 43.8 Å². The summed E-state index contributed by atoms with van der Waals surface area (Å²) in [6.45, 7) is 4.79. The van der Waals surface area contributed by atoms with Gasteiger partial charge < -0.3 is 16.0 Å². The van der Waals surface area contributed by atoms with Gasteiger partial charge in [-0.15, -0.1) is 0 Å². The lowest BCUT2D eigenvalue weighted by Crippen LogP contribution is -2.41. The second-order valence-corrected chi connectivity index (χ2v) is 6.94. The van der Waals surface area contributed by atoms with Crippen LogP contribution in [0.3, 0.4) is 0 Å². The fourth-order valence-corrected chi connectivity index (χ4v) is 2.89. The van der Waals surface area contributed by atoms with E-state index in [1.165, 1.54) is 0 Å². The Kier molecular flexibility index (Phi) is 8.35. The average Bonchev–Trinajstić information content (AvgIpc) is 3.41. The van der Waals surface area contributed by atoms with E-state index >= 15 is 0 Å². The molecule has 1 saturated carbocycles. The van der Waals surface area contributed by atoms with E-state index in [0.29, 0.717) is 29.7 Å². The third-order valence-corrected chi connectivity index (χ3v) is 4.49. The van der Waals surface area contributed by atoms with E-state index in [4.69, 9.17) is 23.2 Å². The number of rotatable bonds is 9. The largest absolute Gasteiger partial charge is 0.357 e. The molecule has 0 radical (unpaired) electrons. The maximum absolute atomic E-state index is 11.6. The first-order valence-corrected chi connectivity index (χ1v) is 9.59. The lowest BCUT2D eigenvalue weighted by Gasteiger charge is -2.12. The van der Waals surface area contributed by atoms with Crippen molar-refractivity contribution in [3.05, 3.63) is 33.8 Å². The molecular formula is C18H26Cl2N4O. The van der Waals surface area contributed by atoms with Crippen LogP contribution in [-0.2, 0) is 11.2 Å². The lowest BCUT2D eigenvalue weighted by molar-refractivity contribution is -0.122. The van der Waals surface area contributed by atoms with Gasteiger partial charge in [-0.1, -0.05) is 29.3 Å². The summed E-state index contributed by atoms with van der Waals surface area (Å²) in [6, 6.07) is 5.58. The highest BCUT2D eigenvalue weighted by atomic mass is 35.5. The normalized spacial score (nSPS) is 14.3. The summed E-state index contributed by atoms with van der Waals surface area (Å²) in [5, 5.41) is 10.7. The highest BCUT2D eigenvalue weighted by molar-refractivity contribution is 6.35. The molecule has 1 fully saturated rings. The van der Waals surface area contributed by atoms with Gasteiger partial charge in [-0.05, 0) is 50.3 Å². The zero-order valence-corrected chi connectivity index (χ0v) is 16.1. The Hall–Kier alpha value is -1.46. The standard InChI is InChI=1S/C18H26Cl2N4O/c1-2-21-18(24-11-10-22-17(25)14-5-6-14)23-9-3-4-13-7-8-15(19)12-16(13)20/h7-8,12,14H,2-6,9-11H2,1H3,(H,22,25)(H2,21,23,24). The van der Waals surface area contributed by atoms with E-state index in [1.807, 2.05) is 19.1 Å². The highest BCUT2D eigenvalue weighted by Crippen LogP contribution is 2.28. The third kappa shape index (κ3) is 7.53. The number of nitrogens with zero attached hydrogens (tertiary/aromatic N) is 1. The number of hydrogen-bond acceptors (Lipinski definition) is 2. The number of aryl methyl sites for hydroxylation is 1. The van der Waals surface area contributed by atoms with E-state index in [1.54, 1.807) is 6.07 Å². The van der Waals surface area contributed by atoms with E-state index in [9.17, 15) is 4.79 Å². The Bertz CT molecular complexity index is 603. The smallest absolute Gasteiger partial charge is 0.223 e. The Labute approximate surface area is 159 Å². The van der Waals surface area contributed by atoms with Gasteiger partial charge in [-0.2, -0.15) is 0 Å². The van der Waals surface area contributed by atoms with E-state index < -0.39 is 0 Å². The molecule has 0 bridgehead atoms. The van der Waals surface area contributed by atoms with Gasteiger partial charge in [0.2, 0.25) is 5.91 Å². The van der Waals surface area contributed by atoms with Crippen LogP contribution in [0.4, 0.5) is 0 Å². The highest BCUT2D eigenvalue weighted by Gasteiger charge is 2.28. The van der Waals surface area contributed by atoms with Crippen LogP contribution in [0.5, 0.6) is 0 Å². The van der Waals surface area contributed by atoms with Gasteiger partial charge in [-0.25, -0.2) is 0 Å². The van der Waals surface area contributed by atoms with Crippen molar-refractivity contribution in [3.8, 4) is 0 Å². The van der Waals surface area contributed by atoms with Crippen molar-refractivity contribution in [2.24, 2.45) is 10.9 Å². The molecule has 1 aliphatic carbocycles. The number of halogens is 2. The van der Waals surface area contributed by atoms with Gasteiger partial charge in [0.05, 0.1) is 0 Å². The molecule has 1 aromatic rings. The van der Waals surface area contributed by atoms with Crippen LogP contribution in [0.15, 0.2) is 23.2 Å². The SMILES string of the molecule is CCNC(=NCCCc1ccc(Cl)cc1Cl)NCCNC(=O)C1CC1. The molecule has 25 heavy (non-hydrogen) atoms. The minimum atomic E-state index is 0.170. The van der Waals surface area contributed by atoms with Crippen LogP contribution >= 0.6 is 23.2 Å². The Balaban J connectivity index is 1.68. The summed E-state index contributed by atoms with van der Waals surface area (Å²) in [4.78, 5) is 16.1. The molecule has 138 valence electrons. The van der Waals surface area contributed by atoms with Gasteiger partial charge in [0.25, 0.3) is 0 Å². The summed E-state index contributed by atoms with van der Waals surface area (Å²) >= 11 is 12.1. The molecule has 1 amide bonds. The minimum absolute atomic E-state index is 0.170. The molecule has 1 aromatic carbocycles. The predicted molar refractivity (Wildman–Crippen MR) is 104 cm³/mol. The summed E-state index contributed by atoms with van der Waals surface area (Å²) in [5.41, 5.74) is 1.09. The van der Waals surface area contributed by atoms with Crippen molar-refractivity contribution in [3.63, 3.8) is 0 Å². The second-order valence-electron chi connectivity index (χ2n) is 6.09. The molecule has 0 spiro atoms. The van der Waals surface area contributed by atoms with Crippen LogP contribution in [-0.4, -0.2) is 38.0 Å². The lowest BCUT2D eigenvalue weighted by atomic mass is 10.1. The number of hydrogen-bond donors (Lipinski definition) is 3. The van der Waals surface area contributed by atoms with Crippen LogP contribution < -0.4 is 16.0 Å². The monoisotopic (exact) mass is 384 g/mol. The first-order chi connectivity index (χ1) is 12.1. The zero-order valence-electron chi connectivity index (χ0n) is 14.6. The number of nitrogens with one attached hydrogen (secondary N) is 3. The van der Waals surface area contributed by atoms with Gasteiger partial charge in [0.15, 0.2) is 5.96 Å². The molecule has 0 unspecified atom stereocenters. The molecule has 2 rings (SSSR count). The first kappa shape index (κ1) is 19.9. The van der Waals surface area contributed by atoms with Crippen molar-refractivity contribution in [2.45, 2.75) is 32.6 Å². The predicted octanol–water partition coefficient (Wildman–Crippen LogP) is 3.01. The second kappa shape index (κ2) is 10.5. The Morgan fingerprint density at radius 2 is 1.96 bits per heavy atom. The van der Waals surface area contributed by atoms with Gasteiger partial charge in [-0.3, -0.25) is 9.79 Å². The Morgan fingerprint density at radius 3 is 2.64 bits per heavy atom. The number of amides is 1. The number of carbonyl (C=O) groups is 1. The van der Waals surface area contributed by atoms with Crippen molar-refractivity contribution in [1.29, 1.82) is 0 Å². The van der Waals surface area contributed by atoms with Crippen LogP contribution in [0.2, 0.25) is 10.0 Å². The topological polar surface area (TPSA) is 65.5 Å². The van der Waals surface area contributed by atoms with Crippen molar-refractivity contribution in [1.82, 2.24) is 16.0 Å². The molecule has 7 heteroatoms. The number of aliphatic imine (C=N–C) groups is 1. The minimum Gasteiger partial charge on any atom is -0.357 e. The Morgan fingerprint density at radius 1 is 1.20 bits per heavy atom. The molecule has 0 aliphatic heterocycles. The molecule has 0 saturated heterocycles. The summed E-state index contributed by atoms with van der Waals surface area (Å²) in [5.74, 6) is 1.19. The number of benzene rings is 1. The van der Waals surface area contributed by atoms with Crippen LogP contribution in [0, 0.1) is 5.92 Å². The van der Waals surface area contributed by atoms with Crippen molar-refractivity contribution < 1.29 is 4.79 Å². The van der Waals surface area contributed by atoms with Crippen LogP contribution in [0.25, 0.3) is 0 Å². The quantitative estimate of drug-likeness (QED) is 0.348. The average molecular weight is 385 g/mol. The van der Waals surface area contributed by atoms with E-state index in [2.05, 4.69) is 20.9 Å². The maximum atomic E-state index is 11.6.